The summed E-state index contributed by atoms with van der Waals surface area (Å²) in [5.41, 5.74) is 6.35. The van der Waals surface area contributed by atoms with Crippen molar-refractivity contribution in [2.24, 2.45) is 0 Å². The Morgan fingerprint density at radius 1 is 1.37 bits per heavy atom. The Morgan fingerprint density at radius 3 is 2.84 bits per heavy atom. The number of aliphatic hydroxyl groups is 3. The molecule has 102 valence electrons. The number of nitrogens with zero attached hydrogens (tertiary/aromatic N) is 3. The molecule has 2 aromatic heterocycles. The molecule has 0 aromatic carbocycles. The number of aromatic nitrogens is 3. The summed E-state index contributed by atoms with van der Waals surface area (Å²) in [5.74, 6) is 0.281. The second kappa shape index (κ2) is 4.42. The zero-order chi connectivity index (χ0) is 13.6. The monoisotopic (exact) mass is 266 g/mol. The quantitative estimate of drug-likeness (QED) is 0.528. The Balaban J connectivity index is 2.04. The fourth-order valence-electron chi connectivity index (χ4n) is 2.34. The van der Waals surface area contributed by atoms with Crippen LogP contribution in [0.1, 0.15) is 6.23 Å². The topological polar surface area (TPSA) is 127 Å². The van der Waals surface area contributed by atoms with Crippen LogP contribution in [-0.2, 0) is 4.74 Å². The highest BCUT2D eigenvalue weighted by Gasteiger charge is 2.43. The second-order valence-electron chi connectivity index (χ2n) is 4.48. The fraction of sp³-hybridized carbons (Fsp3) is 0.455. The number of fused-ring (bicyclic) bond motifs is 1. The lowest BCUT2D eigenvalue weighted by atomic mass is 10.1. The van der Waals surface area contributed by atoms with Gasteiger partial charge in [-0.25, -0.2) is 0 Å². The molecule has 8 heteroatoms. The van der Waals surface area contributed by atoms with Gasteiger partial charge in [0.15, 0.2) is 12.0 Å². The van der Waals surface area contributed by atoms with Crippen LogP contribution in [0, 0.1) is 0 Å². The predicted molar refractivity (Wildman–Crippen MR) is 64.9 cm³/mol. The lowest BCUT2D eigenvalue weighted by Crippen LogP contribution is -2.33. The molecule has 8 nitrogen and oxygen atoms in total. The van der Waals surface area contributed by atoms with Crippen molar-refractivity contribution in [1.29, 1.82) is 0 Å². The first kappa shape index (κ1) is 12.3. The minimum Gasteiger partial charge on any atom is -0.394 e. The van der Waals surface area contributed by atoms with E-state index in [2.05, 4.69) is 10.2 Å². The zero-order valence-electron chi connectivity index (χ0n) is 9.92. The van der Waals surface area contributed by atoms with Crippen LogP contribution in [0.5, 0.6) is 0 Å². The van der Waals surface area contributed by atoms with E-state index in [0.29, 0.717) is 10.9 Å². The Bertz CT molecular complexity index is 601. The first-order chi connectivity index (χ1) is 9.13. The number of anilines is 1. The van der Waals surface area contributed by atoms with Crippen LogP contribution in [0.2, 0.25) is 0 Å². The molecule has 4 atom stereocenters. The van der Waals surface area contributed by atoms with E-state index in [1.54, 1.807) is 16.8 Å². The van der Waals surface area contributed by atoms with Gasteiger partial charge in [0.2, 0.25) is 0 Å². The van der Waals surface area contributed by atoms with Gasteiger partial charge in [0.1, 0.15) is 18.3 Å². The highest BCUT2D eigenvalue weighted by atomic mass is 16.6. The van der Waals surface area contributed by atoms with E-state index in [-0.39, 0.29) is 12.4 Å². The van der Waals surface area contributed by atoms with Gasteiger partial charge < -0.3 is 30.4 Å². The number of nitrogen functional groups attached to an aromatic ring is 1. The fourth-order valence-corrected chi connectivity index (χ4v) is 2.34. The Hall–Kier alpha value is -1.74. The molecular formula is C11H14N4O4. The van der Waals surface area contributed by atoms with Gasteiger partial charge in [-0.15, -0.1) is 5.10 Å². The first-order valence-corrected chi connectivity index (χ1v) is 5.83. The van der Waals surface area contributed by atoms with Gasteiger partial charge in [-0.05, 0) is 6.07 Å². The summed E-state index contributed by atoms with van der Waals surface area (Å²) in [4.78, 5) is 0. The highest BCUT2D eigenvalue weighted by Crippen LogP contribution is 2.32. The third-order valence-corrected chi connectivity index (χ3v) is 3.37. The molecule has 1 fully saturated rings. The van der Waals surface area contributed by atoms with Crippen molar-refractivity contribution in [3.05, 3.63) is 18.5 Å². The SMILES string of the molecule is Nc1nncc2c1ccn2C1O[C@H](CO)[C@@H](O)[C@@H]1O. The van der Waals surface area contributed by atoms with Crippen LogP contribution in [0.25, 0.3) is 10.9 Å². The van der Waals surface area contributed by atoms with Crippen LogP contribution in [0.15, 0.2) is 18.5 Å². The molecule has 5 N–H and O–H groups in total. The molecular weight excluding hydrogens is 252 g/mol. The molecule has 0 amide bonds. The van der Waals surface area contributed by atoms with Crippen molar-refractivity contribution in [3.8, 4) is 0 Å². The predicted octanol–water partition coefficient (Wildman–Crippen LogP) is -1.38. The first-order valence-electron chi connectivity index (χ1n) is 5.83. The molecule has 3 heterocycles. The molecule has 1 aliphatic heterocycles. The molecule has 1 aliphatic rings. The molecule has 0 aliphatic carbocycles. The van der Waals surface area contributed by atoms with Crippen LogP contribution >= 0.6 is 0 Å². The van der Waals surface area contributed by atoms with Crippen LogP contribution in [0.3, 0.4) is 0 Å². The van der Waals surface area contributed by atoms with E-state index < -0.39 is 24.5 Å². The Morgan fingerprint density at radius 2 is 2.16 bits per heavy atom. The maximum Gasteiger partial charge on any atom is 0.163 e. The van der Waals surface area contributed by atoms with Gasteiger partial charge in [0, 0.05) is 11.6 Å². The normalized spacial score (nSPS) is 31.1. The van der Waals surface area contributed by atoms with E-state index in [0.717, 1.165) is 0 Å². The van der Waals surface area contributed by atoms with Gasteiger partial charge >= 0.3 is 0 Å². The summed E-state index contributed by atoms with van der Waals surface area (Å²) in [6, 6.07) is 1.73. The summed E-state index contributed by atoms with van der Waals surface area (Å²) in [5, 5.41) is 37.0. The number of ether oxygens (including phenoxy) is 1. The van der Waals surface area contributed by atoms with Crippen molar-refractivity contribution in [2.45, 2.75) is 24.5 Å². The molecule has 0 saturated carbocycles. The standard InChI is InChI=1S/C11H14N4O4/c12-10-5-1-2-15(6(5)3-13-14-10)11-9(18)8(17)7(4-16)19-11/h1-3,7-9,11,16-18H,4H2,(H2,12,14)/t7-,8-,9+,11?/m1/s1. The van der Waals surface area contributed by atoms with Crippen molar-refractivity contribution >= 4 is 16.7 Å². The van der Waals surface area contributed by atoms with E-state index in [1.807, 2.05) is 0 Å². The third-order valence-electron chi connectivity index (χ3n) is 3.37. The van der Waals surface area contributed by atoms with Gasteiger partial charge in [-0.3, -0.25) is 0 Å². The van der Waals surface area contributed by atoms with Crippen molar-refractivity contribution in [1.82, 2.24) is 14.8 Å². The second-order valence-corrected chi connectivity index (χ2v) is 4.48. The molecule has 2 aromatic rings. The largest absolute Gasteiger partial charge is 0.394 e. The molecule has 0 spiro atoms. The van der Waals surface area contributed by atoms with E-state index in [4.69, 9.17) is 15.6 Å². The Kier molecular flexibility index (Phi) is 2.86. The average molecular weight is 266 g/mol. The van der Waals surface area contributed by atoms with E-state index in [9.17, 15) is 10.2 Å². The number of hydrogen-bond acceptors (Lipinski definition) is 7. The lowest BCUT2D eigenvalue weighted by molar-refractivity contribution is -0.0506. The third kappa shape index (κ3) is 1.77. The number of aliphatic hydroxyl groups excluding tert-OH is 3. The van der Waals surface area contributed by atoms with Gasteiger partial charge in [0.25, 0.3) is 0 Å². The van der Waals surface area contributed by atoms with Gasteiger partial charge in [0.05, 0.1) is 18.3 Å². The maximum absolute atomic E-state index is 9.99. The number of hydrogen-bond donors (Lipinski definition) is 4. The Labute approximate surface area is 108 Å². The van der Waals surface area contributed by atoms with Crippen LogP contribution in [0.4, 0.5) is 5.82 Å². The van der Waals surface area contributed by atoms with Crippen LogP contribution < -0.4 is 5.73 Å². The average Bonchev–Trinajstić information content (AvgIpc) is 2.94. The molecule has 0 radical (unpaired) electrons. The van der Waals surface area contributed by atoms with E-state index >= 15 is 0 Å². The minimum absolute atomic E-state index is 0.281. The number of nitrogens with two attached hydrogens (primary N) is 1. The smallest absolute Gasteiger partial charge is 0.163 e. The van der Waals surface area contributed by atoms with Crippen molar-refractivity contribution < 1.29 is 20.1 Å². The van der Waals surface area contributed by atoms with Gasteiger partial charge in [-0.1, -0.05) is 0 Å². The number of rotatable bonds is 2. The minimum atomic E-state index is -1.14. The summed E-state index contributed by atoms with van der Waals surface area (Å²) in [6.45, 7) is -0.365. The maximum atomic E-state index is 9.99. The summed E-state index contributed by atoms with van der Waals surface area (Å²) >= 11 is 0. The summed E-state index contributed by atoms with van der Waals surface area (Å²) < 4.78 is 7.07. The molecule has 0 bridgehead atoms. The van der Waals surface area contributed by atoms with Gasteiger partial charge in [-0.2, -0.15) is 5.10 Å². The molecule has 1 unspecified atom stereocenters. The summed E-state index contributed by atoms with van der Waals surface area (Å²) in [7, 11) is 0. The van der Waals surface area contributed by atoms with E-state index in [1.165, 1.54) is 6.20 Å². The highest BCUT2D eigenvalue weighted by molar-refractivity contribution is 5.88. The summed E-state index contributed by atoms with van der Waals surface area (Å²) in [6.07, 6.45) is -0.717. The zero-order valence-corrected chi connectivity index (χ0v) is 9.92. The lowest BCUT2D eigenvalue weighted by Gasteiger charge is -2.17. The molecule has 1 saturated heterocycles. The molecule has 19 heavy (non-hydrogen) atoms. The van der Waals surface area contributed by atoms with Crippen molar-refractivity contribution in [2.75, 3.05) is 12.3 Å². The van der Waals surface area contributed by atoms with Crippen molar-refractivity contribution in [3.63, 3.8) is 0 Å². The van der Waals surface area contributed by atoms with Crippen LogP contribution in [-0.4, -0.2) is 55.0 Å². The molecule has 3 rings (SSSR count).